The molecule has 0 atom stereocenters. The average molecular weight is 344 g/mol. The number of nitrogens with zero attached hydrogens (tertiary/aromatic N) is 2. The fourth-order valence-electron chi connectivity index (χ4n) is 4.93. The molecule has 3 aliphatic rings. The summed E-state index contributed by atoms with van der Waals surface area (Å²) in [6.45, 7) is 0.114. The molecule has 4 heteroatoms. The molecule has 7 rings (SSSR count). The first-order chi connectivity index (χ1) is 13.4. The molecule has 4 heterocycles. The summed E-state index contributed by atoms with van der Waals surface area (Å²) in [5.41, 5.74) is 9.84. The van der Waals surface area contributed by atoms with Gasteiger partial charge in [0.1, 0.15) is 11.5 Å². The van der Waals surface area contributed by atoms with Crippen LogP contribution in [0.5, 0.6) is 11.5 Å². The standard InChI is InChI=1S/C23H13BN2O/c1-3-9-18-14(6-1)16-8-5-11-20-22(16)24-23-17(12-25-13-21(23)27-20)15-7-2-4-10-19(15)26(18)24/h1-13H. The van der Waals surface area contributed by atoms with Crippen molar-refractivity contribution < 1.29 is 4.74 Å². The van der Waals surface area contributed by atoms with Crippen LogP contribution in [0, 0.1) is 0 Å². The quantitative estimate of drug-likeness (QED) is 0.449. The lowest BCUT2D eigenvalue weighted by Gasteiger charge is -2.45. The monoisotopic (exact) mass is 344 g/mol. The minimum atomic E-state index is 0.114. The Morgan fingerprint density at radius 1 is 0.630 bits per heavy atom. The lowest BCUT2D eigenvalue weighted by atomic mass is 9.42. The van der Waals surface area contributed by atoms with Crippen LogP contribution in [-0.2, 0) is 0 Å². The highest BCUT2D eigenvalue weighted by atomic mass is 16.5. The van der Waals surface area contributed by atoms with E-state index < -0.39 is 0 Å². The van der Waals surface area contributed by atoms with Crippen LogP contribution in [-0.4, -0.2) is 11.8 Å². The summed E-state index contributed by atoms with van der Waals surface area (Å²) in [5, 5.41) is 0. The van der Waals surface area contributed by atoms with Gasteiger partial charge in [-0.25, -0.2) is 0 Å². The number of hydrogen-bond acceptors (Lipinski definition) is 3. The number of hydrogen-bond donors (Lipinski definition) is 0. The van der Waals surface area contributed by atoms with Gasteiger partial charge in [-0.05, 0) is 23.8 Å². The number of rotatable bonds is 0. The molecule has 0 amide bonds. The van der Waals surface area contributed by atoms with E-state index in [-0.39, 0.29) is 6.85 Å². The zero-order chi connectivity index (χ0) is 17.5. The smallest absolute Gasteiger partial charge is 0.337 e. The summed E-state index contributed by atoms with van der Waals surface area (Å²) < 4.78 is 6.33. The maximum absolute atomic E-state index is 6.33. The van der Waals surface area contributed by atoms with Crippen molar-refractivity contribution in [3.8, 4) is 33.8 Å². The van der Waals surface area contributed by atoms with Crippen molar-refractivity contribution in [3.63, 3.8) is 0 Å². The second-order valence-electron chi connectivity index (χ2n) is 7.23. The molecule has 3 nitrogen and oxygen atoms in total. The van der Waals surface area contributed by atoms with E-state index in [1.807, 2.05) is 12.4 Å². The molecule has 0 saturated carbocycles. The lowest BCUT2D eigenvalue weighted by Crippen LogP contribution is -2.61. The molecule has 0 saturated heterocycles. The van der Waals surface area contributed by atoms with Crippen molar-refractivity contribution in [2.24, 2.45) is 0 Å². The Morgan fingerprint density at radius 2 is 1.30 bits per heavy atom. The van der Waals surface area contributed by atoms with Crippen LogP contribution >= 0.6 is 0 Å². The average Bonchev–Trinajstić information content (AvgIpc) is 2.74. The zero-order valence-electron chi connectivity index (χ0n) is 14.4. The minimum absolute atomic E-state index is 0.114. The summed E-state index contributed by atoms with van der Waals surface area (Å²) in [7, 11) is 0. The normalized spacial score (nSPS) is 14.1. The van der Waals surface area contributed by atoms with Crippen LogP contribution in [0.2, 0.25) is 0 Å². The van der Waals surface area contributed by atoms with Crippen molar-refractivity contribution in [2.75, 3.05) is 4.81 Å². The van der Waals surface area contributed by atoms with Crippen LogP contribution < -0.4 is 20.5 Å². The van der Waals surface area contributed by atoms with Gasteiger partial charge in [0.2, 0.25) is 0 Å². The second kappa shape index (κ2) is 4.60. The Kier molecular flexibility index (Phi) is 2.32. The Balaban J connectivity index is 1.70. The van der Waals surface area contributed by atoms with Crippen LogP contribution in [0.3, 0.4) is 0 Å². The molecule has 124 valence electrons. The fraction of sp³-hybridized carbons (Fsp3) is 0. The second-order valence-corrected chi connectivity index (χ2v) is 7.23. The van der Waals surface area contributed by atoms with Gasteiger partial charge < -0.3 is 9.55 Å². The number of benzene rings is 3. The molecular weight excluding hydrogens is 331 g/mol. The van der Waals surface area contributed by atoms with E-state index >= 15 is 0 Å². The van der Waals surface area contributed by atoms with E-state index in [0.717, 1.165) is 11.5 Å². The number of pyridine rings is 1. The van der Waals surface area contributed by atoms with Crippen LogP contribution in [0.4, 0.5) is 11.4 Å². The first-order valence-electron chi connectivity index (χ1n) is 9.18. The SMILES string of the molecule is c1ccc2c(c1)-c1cccc3c1B1c4c(cncc4-c4ccccc4N12)O3. The third-order valence-corrected chi connectivity index (χ3v) is 5.95. The van der Waals surface area contributed by atoms with Crippen LogP contribution in [0.15, 0.2) is 79.1 Å². The minimum Gasteiger partial charge on any atom is -0.457 e. The maximum atomic E-state index is 6.33. The zero-order valence-corrected chi connectivity index (χ0v) is 14.4. The Hall–Kier alpha value is -3.53. The van der Waals surface area contributed by atoms with Gasteiger partial charge in [0.15, 0.2) is 0 Å². The van der Waals surface area contributed by atoms with E-state index in [1.165, 1.54) is 44.6 Å². The Bertz CT molecular complexity index is 1190. The molecule has 0 aliphatic carbocycles. The van der Waals surface area contributed by atoms with E-state index in [0.29, 0.717) is 0 Å². The van der Waals surface area contributed by atoms with Gasteiger partial charge in [-0.1, -0.05) is 48.5 Å². The summed E-state index contributed by atoms with van der Waals surface area (Å²) in [4.78, 5) is 6.95. The first kappa shape index (κ1) is 13.6. The molecule has 0 unspecified atom stereocenters. The summed E-state index contributed by atoms with van der Waals surface area (Å²) >= 11 is 0. The van der Waals surface area contributed by atoms with Gasteiger partial charge in [0, 0.05) is 45.2 Å². The summed E-state index contributed by atoms with van der Waals surface area (Å²) in [5.74, 6) is 1.80. The van der Waals surface area contributed by atoms with Gasteiger partial charge in [-0.15, -0.1) is 0 Å². The van der Waals surface area contributed by atoms with Gasteiger partial charge in [0.25, 0.3) is 0 Å². The third kappa shape index (κ3) is 1.53. The van der Waals surface area contributed by atoms with Crippen molar-refractivity contribution in [3.05, 3.63) is 79.1 Å². The molecular formula is C23H13BN2O. The predicted molar refractivity (Wildman–Crippen MR) is 109 cm³/mol. The van der Waals surface area contributed by atoms with E-state index in [4.69, 9.17) is 4.74 Å². The van der Waals surface area contributed by atoms with Crippen LogP contribution in [0.25, 0.3) is 22.3 Å². The van der Waals surface area contributed by atoms with Gasteiger partial charge >= 0.3 is 6.85 Å². The highest BCUT2D eigenvalue weighted by molar-refractivity contribution is 6.94. The van der Waals surface area contributed by atoms with E-state index in [9.17, 15) is 0 Å². The molecule has 0 radical (unpaired) electrons. The lowest BCUT2D eigenvalue weighted by molar-refractivity contribution is 0.485. The number of aromatic nitrogens is 1. The maximum Gasteiger partial charge on any atom is 0.337 e. The highest BCUT2D eigenvalue weighted by Crippen LogP contribution is 2.48. The molecule has 0 spiro atoms. The van der Waals surface area contributed by atoms with E-state index in [2.05, 4.69) is 76.5 Å². The summed E-state index contributed by atoms with van der Waals surface area (Å²) in [6, 6.07) is 23.6. The largest absolute Gasteiger partial charge is 0.457 e. The molecule has 1 aromatic heterocycles. The Morgan fingerprint density at radius 3 is 2.11 bits per heavy atom. The van der Waals surface area contributed by atoms with Gasteiger partial charge in [0.05, 0.1) is 6.20 Å². The molecule has 0 N–H and O–H groups in total. The van der Waals surface area contributed by atoms with Gasteiger partial charge in [-0.3, -0.25) is 4.98 Å². The van der Waals surface area contributed by atoms with Crippen molar-refractivity contribution in [1.29, 1.82) is 0 Å². The first-order valence-corrected chi connectivity index (χ1v) is 9.18. The molecule has 0 fully saturated rings. The van der Waals surface area contributed by atoms with Gasteiger partial charge in [-0.2, -0.15) is 0 Å². The van der Waals surface area contributed by atoms with E-state index in [1.54, 1.807) is 0 Å². The number of fused-ring (bicyclic) bond motifs is 6. The molecule has 3 aliphatic heterocycles. The molecule has 4 aromatic rings. The van der Waals surface area contributed by atoms with Crippen LogP contribution in [0.1, 0.15) is 0 Å². The third-order valence-electron chi connectivity index (χ3n) is 5.95. The molecule has 3 aromatic carbocycles. The fourth-order valence-corrected chi connectivity index (χ4v) is 4.93. The summed E-state index contributed by atoms with van der Waals surface area (Å²) in [6.07, 6.45) is 3.83. The van der Waals surface area contributed by atoms with Crippen molar-refractivity contribution in [1.82, 2.24) is 4.98 Å². The number of para-hydroxylation sites is 2. The molecule has 0 bridgehead atoms. The molecule has 27 heavy (non-hydrogen) atoms. The topological polar surface area (TPSA) is 25.4 Å². The number of anilines is 2. The van der Waals surface area contributed by atoms with Crippen molar-refractivity contribution in [2.45, 2.75) is 0 Å². The number of ether oxygens (including phenoxy) is 1. The van der Waals surface area contributed by atoms with Crippen molar-refractivity contribution >= 4 is 29.1 Å². The highest BCUT2D eigenvalue weighted by Gasteiger charge is 2.47. The Labute approximate surface area is 157 Å². The predicted octanol–water partition coefficient (Wildman–Crippen LogP) is 4.09.